The lowest BCUT2D eigenvalue weighted by Gasteiger charge is -2.41. The van der Waals surface area contributed by atoms with Gasteiger partial charge in [-0.1, -0.05) is 20.8 Å². The lowest BCUT2D eigenvalue weighted by Crippen LogP contribution is -2.37. The summed E-state index contributed by atoms with van der Waals surface area (Å²) in [6, 6.07) is 0.295. The van der Waals surface area contributed by atoms with E-state index in [2.05, 4.69) is 30.9 Å². The molecule has 0 aromatic carbocycles. The molecule has 0 aliphatic heterocycles. The highest BCUT2D eigenvalue weighted by Crippen LogP contribution is 2.44. The molecule has 1 aromatic heterocycles. The number of aromatic nitrogens is 3. The molecule has 2 saturated carbocycles. The smallest absolute Gasteiger partial charge is 0.153 e. The van der Waals surface area contributed by atoms with Crippen molar-refractivity contribution < 1.29 is 5.11 Å². The molecule has 0 saturated heterocycles. The minimum Gasteiger partial charge on any atom is -0.393 e. The Morgan fingerprint density at radius 3 is 2.58 bits per heavy atom. The van der Waals surface area contributed by atoms with Crippen LogP contribution in [-0.2, 0) is 0 Å². The van der Waals surface area contributed by atoms with Gasteiger partial charge in [-0.25, -0.2) is 9.67 Å². The summed E-state index contributed by atoms with van der Waals surface area (Å²) in [4.78, 5) is 4.47. The normalized spacial score (nSPS) is 32.5. The molecule has 1 aromatic rings. The van der Waals surface area contributed by atoms with Crippen molar-refractivity contribution >= 4 is 0 Å². The lowest BCUT2D eigenvalue weighted by molar-refractivity contribution is 0.0251. The number of hydrogen-bond acceptors (Lipinski definition) is 3. The molecule has 1 N–H and O–H groups in total. The summed E-state index contributed by atoms with van der Waals surface area (Å²) >= 11 is 0. The van der Waals surface area contributed by atoms with Gasteiger partial charge in [-0.05, 0) is 43.4 Å². The fourth-order valence-corrected chi connectivity index (χ4v) is 3.40. The van der Waals surface area contributed by atoms with Gasteiger partial charge in [0, 0.05) is 5.92 Å². The number of aliphatic hydroxyl groups is 1. The van der Waals surface area contributed by atoms with E-state index >= 15 is 0 Å². The van der Waals surface area contributed by atoms with Crippen LogP contribution in [0.15, 0.2) is 6.33 Å². The molecular weight excluding hydrogens is 238 g/mol. The third-order valence-electron chi connectivity index (χ3n) is 4.71. The van der Waals surface area contributed by atoms with Gasteiger partial charge in [0.1, 0.15) is 6.33 Å². The average Bonchev–Trinajstić information content (AvgIpc) is 3.05. The van der Waals surface area contributed by atoms with Crippen molar-refractivity contribution in [3.05, 3.63) is 12.2 Å². The second kappa shape index (κ2) is 4.58. The van der Waals surface area contributed by atoms with E-state index < -0.39 is 0 Å². The number of aliphatic hydroxyl groups excluding tert-OH is 1. The van der Waals surface area contributed by atoms with E-state index in [-0.39, 0.29) is 11.5 Å². The number of nitrogens with zero attached hydrogens (tertiary/aromatic N) is 3. The van der Waals surface area contributed by atoms with Crippen LogP contribution in [0, 0.1) is 11.3 Å². The van der Waals surface area contributed by atoms with Crippen molar-refractivity contribution in [1.82, 2.24) is 14.8 Å². The number of hydrogen-bond donors (Lipinski definition) is 1. The fraction of sp³-hybridized carbons (Fsp3) is 0.867. The SMILES string of the molecule is CC(C)(C)C1CCC(O)CC1n1cnc(C2CC2)n1. The van der Waals surface area contributed by atoms with Gasteiger partial charge < -0.3 is 5.11 Å². The summed E-state index contributed by atoms with van der Waals surface area (Å²) in [6.45, 7) is 6.88. The Morgan fingerprint density at radius 1 is 1.21 bits per heavy atom. The van der Waals surface area contributed by atoms with Gasteiger partial charge in [-0.15, -0.1) is 0 Å². The first kappa shape index (κ1) is 13.1. The quantitative estimate of drug-likeness (QED) is 0.892. The molecule has 2 aliphatic carbocycles. The third-order valence-corrected chi connectivity index (χ3v) is 4.71. The topological polar surface area (TPSA) is 50.9 Å². The number of rotatable bonds is 2. The van der Waals surface area contributed by atoms with Crippen LogP contribution in [0.1, 0.15) is 70.7 Å². The molecule has 0 radical (unpaired) electrons. The molecule has 106 valence electrons. The Morgan fingerprint density at radius 2 is 1.95 bits per heavy atom. The zero-order valence-corrected chi connectivity index (χ0v) is 12.2. The van der Waals surface area contributed by atoms with Crippen LogP contribution in [0.4, 0.5) is 0 Å². The van der Waals surface area contributed by atoms with Crippen molar-refractivity contribution in [2.45, 2.75) is 70.9 Å². The second-order valence-corrected chi connectivity index (χ2v) is 7.36. The van der Waals surface area contributed by atoms with Crippen molar-refractivity contribution in [3.8, 4) is 0 Å². The largest absolute Gasteiger partial charge is 0.393 e. The first-order valence-electron chi connectivity index (χ1n) is 7.54. The van der Waals surface area contributed by atoms with Crippen LogP contribution >= 0.6 is 0 Å². The molecule has 3 rings (SSSR count). The minimum atomic E-state index is -0.183. The molecule has 19 heavy (non-hydrogen) atoms. The van der Waals surface area contributed by atoms with Crippen LogP contribution in [0.25, 0.3) is 0 Å². The van der Waals surface area contributed by atoms with Crippen LogP contribution in [0.2, 0.25) is 0 Å². The Labute approximate surface area is 115 Å². The van der Waals surface area contributed by atoms with Gasteiger partial charge in [0.2, 0.25) is 0 Å². The summed E-state index contributed by atoms with van der Waals surface area (Å²) in [5.41, 5.74) is 0.247. The molecular formula is C15H25N3O. The fourth-order valence-electron chi connectivity index (χ4n) is 3.40. The van der Waals surface area contributed by atoms with E-state index in [1.54, 1.807) is 0 Å². The van der Waals surface area contributed by atoms with Gasteiger partial charge in [0.05, 0.1) is 12.1 Å². The molecule has 0 bridgehead atoms. The summed E-state index contributed by atoms with van der Waals surface area (Å²) in [5, 5.41) is 14.7. The van der Waals surface area contributed by atoms with E-state index in [0.29, 0.717) is 17.9 Å². The maximum absolute atomic E-state index is 9.99. The van der Waals surface area contributed by atoms with Crippen LogP contribution in [0.3, 0.4) is 0 Å². The molecule has 4 nitrogen and oxygen atoms in total. The molecule has 0 spiro atoms. The minimum absolute atomic E-state index is 0.183. The van der Waals surface area contributed by atoms with Crippen LogP contribution < -0.4 is 0 Å². The molecule has 3 atom stereocenters. The monoisotopic (exact) mass is 263 g/mol. The van der Waals surface area contributed by atoms with E-state index in [4.69, 9.17) is 0 Å². The first-order valence-corrected chi connectivity index (χ1v) is 7.54. The Balaban J connectivity index is 1.84. The molecule has 4 heteroatoms. The predicted octanol–water partition coefficient (Wildman–Crippen LogP) is 2.90. The third kappa shape index (κ3) is 2.69. The molecule has 2 aliphatic rings. The van der Waals surface area contributed by atoms with E-state index in [0.717, 1.165) is 25.1 Å². The first-order chi connectivity index (χ1) is 8.95. The summed E-state index contributed by atoms with van der Waals surface area (Å²) in [6.07, 6.45) is 6.98. The van der Waals surface area contributed by atoms with Crippen LogP contribution in [0.5, 0.6) is 0 Å². The highest BCUT2D eigenvalue weighted by molar-refractivity contribution is 5.03. The molecule has 3 unspecified atom stereocenters. The zero-order valence-electron chi connectivity index (χ0n) is 12.2. The van der Waals surface area contributed by atoms with Gasteiger partial charge in [-0.3, -0.25) is 0 Å². The molecule has 2 fully saturated rings. The van der Waals surface area contributed by atoms with Crippen molar-refractivity contribution in [1.29, 1.82) is 0 Å². The predicted molar refractivity (Wildman–Crippen MR) is 73.8 cm³/mol. The molecule has 1 heterocycles. The van der Waals surface area contributed by atoms with E-state index in [1.807, 2.05) is 11.0 Å². The molecule has 0 amide bonds. The van der Waals surface area contributed by atoms with E-state index in [9.17, 15) is 5.11 Å². The van der Waals surface area contributed by atoms with Crippen molar-refractivity contribution in [3.63, 3.8) is 0 Å². The van der Waals surface area contributed by atoms with Gasteiger partial charge in [0.15, 0.2) is 5.82 Å². The highest BCUT2D eigenvalue weighted by Gasteiger charge is 2.39. The summed E-state index contributed by atoms with van der Waals surface area (Å²) in [7, 11) is 0. The lowest BCUT2D eigenvalue weighted by atomic mass is 9.69. The van der Waals surface area contributed by atoms with E-state index in [1.165, 1.54) is 12.8 Å². The standard InChI is InChI=1S/C15H25N3O/c1-15(2,3)12-7-6-11(19)8-13(12)18-9-16-14(17-18)10-4-5-10/h9-13,19H,4-8H2,1-3H3. The Hall–Kier alpha value is -0.900. The Bertz CT molecular complexity index is 444. The average molecular weight is 263 g/mol. The van der Waals surface area contributed by atoms with Crippen molar-refractivity contribution in [2.75, 3.05) is 0 Å². The maximum atomic E-state index is 9.99. The van der Waals surface area contributed by atoms with Gasteiger partial charge in [-0.2, -0.15) is 5.10 Å². The second-order valence-electron chi connectivity index (χ2n) is 7.36. The Kier molecular flexibility index (Phi) is 3.16. The van der Waals surface area contributed by atoms with Gasteiger partial charge in [0.25, 0.3) is 0 Å². The van der Waals surface area contributed by atoms with Crippen molar-refractivity contribution in [2.24, 2.45) is 11.3 Å². The highest BCUT2D eigenvalue weighted by atomic mass is 16.3. The summed E-state index contributed by atoms with van der Waals surface area (Å²) < 4.78 is 2.03. The van der Waals surface area contributed by atoms with Gasteiger partial charge >= 0.3 is 0 Å². The summed E-state index contributed by atoms with van der Waals surface area (Å²) in [5.74, 6) is 2.17. The van der Waals surface area contributed by atoms with Crippen LogP contribution in [-0.4, -0.2) is 26.0 Å². The maximum Gasteiger partial charge on any atom is 0.153 e. The zero-order chi connectivity index (χ0) is 13.6.